The van der Waals surface area contributed by atoms with Crippen molar-refractivity contribution in [2.75, 3.05) is 43.9 Å². The number of hydrogen-bond acceptors (Lipinski definition) is 5. The fraction of sp³-hybridized carbons (Fsp3) is 1.00. The lowest BCUT2D eigenvalue weighted by Crippen LogP contribution is -2.49. The van der Waals surface area contributed by atoms with E-state index in [4.69, 9.17) is 0 Å². The van der Waals surface area contributed by atoms with E-state index in [9.17, 15) is 21.6 Å². The van der Waals surface area contributed by atoms with Crippen LogP contribution in [0.5, 0.6) is 0 Å². The van der Waals surface area contributed by atoms with Gasteiger partial charge in [0.05, 0.1) is 6.54 Å². The van der Waals surface area contributed by atoms with E-state index in [0.29, 0.717) is 18.8 Å². The zero-order chi connectivity index (χ0) is 13.8. The Labute approximate surface area is 109 Å². The summed E-state index contributed by atoms with van der Waals surface area (Å²) < 4.78 is 58.8. The molecule has 1 fully saturated rings. The summed E-state index contributed by atoms with van der Waals surface area (Å²) in [6, 6.07) is 0. The van der Waals surface area contributed by atoms with Gasteiger partial charge < -0.3 is 5.32 Å². The molecule has 1 heterocycles. The molecule has 0 aromatic heterocycles. The molecule has 1 aliphatic heterocycles. The standard InChI is InChI=1S/C9H17F3N2O2S2/c1-18(15,16)8-6-17-5-4-14(8)3-2-13-7-9(10,11)12/h8,13H,2-7H2,1H3. The van der Waals surface area contributed by atoms with Gasteiger partial charge in [0.25, 0.3) is 0 Å². The first-order valence-corrected chi connectivity index (χ1v) is 8.59. The molecule has 1 rings (SSSR count). The lowest BCUT2D eigenvalue weighted by molar-refractivity contribution is -0.124. The lowest BCUT2D eigenvalue weighted by atomic mass is 10.4. The summed E-state index contributed by atoms with van der Waals surface area (Å²) >= 11 is 1.56. The van der Waals surface area contributed by atoms with Gasteiger partial charge in [-0.1, -0.05) is 0 Å². The molecule has 1 saturated heterocycles. The molecule has 18 heavy (non-hydrogen) atoms. The molecule has 0 aromatic rings. The molecule has 0 aliphatic carbocycles. The van der Waals surface area contributed by atoms with Crippen molar-refractivity contribution in [2.24, 2.45) is 0 Å². The molecule has 0 saturated carbocycles. The Hall–Kier alpha value is 0.01000. The van der Waals surface area contributed by atoms with E-state index in [-0.39, 0.29) is 6.54 Å². The van der Waals surface area contributed by atoms with Crippen molar-refractivity contribution in [2.45, 2.75) is 11.6 Å². The molecule has 1 aliphatic rings. The summed E-state index contributed by atoms with van der Waals surface area (Å²) in [7, 11) is -3.19. The van der Waals surface area contributed by atoms with Gasteiger partial charge in [0.1, 0.15) is 5.37 Å². The maximum Gasteiger partial charge on any atom is 0.401 e. The molecular formula is C9H17F3N2O2S2. The third-order valence-electron chi connectivity index (χ3n) is 2.59. The highest BCUT2D eigenvalue weighted by molar-refractivity contribution is 8.00. The van der Waals surface area contributed by atoms with Crippen LogP contribution in [0.15, 0.2) is 0 Å². The van der Waals surface area contributed by atoms with Crippen molar-refractivity contribution < 1.29 is 21.6 Å². The van der Waals surface area contributed by atoms with Gasteiger partial charge >= 0.3 is 6.18 Å². The summed E-state index contributed by atoms with van der Waals surface area (Å²) in [6.45, 7) is -0.000192. The minimum Gasteiger partial charge on any atom is -0.307 e. The third-order valence-corrected chi connectivity index (χ3v) is 5.27. The van der Waals surface area contributed by atoms with Crippen LogP contribution in [-0.2, 0) is 9.84 Å². The predicted octanol–water partition coefficient (Wildman–Crippen LogP) is 0.558. The second-order valence-corrected chi connectivity index (χ2v) is 7.54. The van der Waals surface area contributed by atoms with Crippen LogP contribution in [0.4, 0.5) is 13.2 Å². The second-order valence-electron chi connectivity index (χ2n) is 4.19. The van der Waals surface area contributed by atoms with Gasteiger partial charge in [-0.25, -0.2) is 8.42 Å². The first-order chi connectivity index (χ1) is 8.20. The first kappa shape index (κ1) is 16.1. The number of hydrogen-bond donors (Lipinski definition) is 1. The van der Waals surface area contributed by atoms with Gasteiger partial charge in [-0.2, -0.15) is 24.9 Å². The minimum absolute atomic E-state index is 0.135. The Morgan fingerprint density at radius 3 is 2.67 bits per heavy atom. The largest absolute Gasteiger partial charge is 0.401 e. The molecule has 0 amide bonds. The molecule has 4 nitrogen and oxygen atoms in total. The number of thioether (sulfide) groups is 1. The Bertz CT molecular complexity index is 359. The van der Waals surface area contributed by atoms with E-state index >= 15 is 0 Å². The maximum atomic E-state index is 11.9. The Morgan fingerprint density at radius 2 is 2.11 bits per heavy atom. The minimum atomic E-state index is -4.23. The highest BCUT2D eigenvalue weighted by Gasteiger charge is 2.31. The average Bonchev–Trinajstić information content (AvgIpc) is 2.22. The van der Waals surface area contributed by atoms with Gasteiger partial charge in [0, 0.05) is 37.4 Å². The number of sulfone groups is 1. The van der Waals surface area contributed by atoms with Gasteiger partial charge in [-0.3, -0.25) is 4.90 Å². The average molecular weight is 306 g/mol. The molecule has 1 unspecified atom stereocenters. The molecule has 9 heteroatoms. The van der Waals surface area contributed by atoms with Crippen LogP contribution in [0.25, 0.3) is 0 Å². The van der Waals surface area contributed by atoms with Gasteiger partial charge in [0.15, 0.2) is 9.84 Å². The zero-order valence-electron chi connectivity index (χ0n) is 10.0. The highest BCUT2D eigenvalue weighted by Crippen LogP contribution is 2.19. The number of alkyl halides is 3. The second kappa shape index (κ2) is 6.44. The van der Waals surface area contributed by atoms with Crippen LogP contribution < -0.4 is 5.32 Å². The Balaban J connectivity index is 2.39. The van der Waals surface area contributed by atoms with E-state index in [1.54, 1.807) is 16.7 Å². The topological polar surface area (TPSA) is 49.4 Å². The zero-order valence-corrected chi connectivity index (χ0v) is 11.7. The van der Waals surface area contributed by atoms with E-state index in [1.807, 2.05) is 0 Å². The van der Waals surface area contributed by atoms with Crippen LogP contribution in [0, 0.1) is 0 Å². The number of halogens is 3. The van der Waals surface area contributed by atoms with Gasteiger partial charge in [-0.15, -0.1) is 0 Å². The number of nitrogens with one attached hydrogen (secondary N) is 1. The van der Waals surface area contributed by atoms with Crippen molar-refractivity contribution in [3.63, 3.8) is 0 Å². The van der Waals surface area contributed by atoms with Crippen LogP contribution in [-0.4, -0.2) is 68.8 Å². The van der Waals surface area contributed by atoms with Crippen molar-refractivity contribution in [1.82, 2.24) is 10.2 Å². The van der Waals surface area contributed by atoms with Crippen molar-refractivity contribution in [3.8, 4) is 0 Å². The quantitative estimate of drug-likeness (QED) is 0.752. The third kappa shape index (κ3) is 5.77. The monoisotopic (exact) mass is 306 g/mol. The molecule has 0 bridgehead atoms. The Morgan fingerprint density at radius 1 is 1.44 bits per heavy atom. The van der Waals surface area contributed by atoms with Crippen LogP contribution in [0.3, 0.4) is 0 Å². The molecule has 0 spiro atoms. The molecule has 1 N–H and O–H groups in total. The van der Waals surface area contributed by atoms with Crippen molar-refractivity contribution in [3.05, 3.63) is 0 Å². The molecule has 108 valence electrons. The predicted molar refractivity (Wildman–Crippen MR) is 66.5 cm³/mol. The summed E-state index contributed by atoms with van der Waals surface area (Å²) in [5.41, 5.74) is 0. The van der Waals surface area contributed by atoms with E-state index in [1.165, 1.54) is 6.26 Å². The SMILES string of the molecule is CS(=O)(=O)C1CSCCN1CCNCC(F)(F)F. The number of rotatable bonds is 5. The molecule has 0 aromatic carbocycles. The van der Waals surface area contributed by atoms with Gasteiger partial charge in [0.2, 0.25) is 0 Å². The molecule has 0 radical (unpaired) electrons. The lowest BCUT2D eigenvalue weighted by Gasteiger charge is -2.33. The Kier molecular flexibility index (Phi) is 5.75. The maximum absolute atomic E-state index is 11.9. The van der Waals surface area contributed by atoms with Crippen molar-refractivity contribution >= 4 is 21.6 Å². The fourth-order valence-corrected chi connectivity index (χ4v) is 4.69. The van der Waals surface area contributed by atoms with Crippen LogP contribution >= 0.6 is 11.8 Å². The smallest absolute Gasteiger partial charge is 0.307 e. The molecular weight excluding hydrogens is 289 g/mol. The molecule has 1 atom stereocenters. The van der Waals surface area contributed by atoms with E-state index in [2.05, 4.69) is 5.32 Å². The summed E-state index contributed by atoms with van der Waals surface area (Å²) in [4.78, 5) is 1.73. The van der Waals surface area contributed by atoms with E-state index < -0.39 is 27.9 Å². The summed E-state index contributed by atoms with van der Waals surface area (Å²) in [6.07, 6.45) is -3.06. The fourth-order valence-electron chi connectivity index (χ4n) is 1.72. The summed E-state index contributed by atoms with van der Waals surface area (Å²) in [5, 5.41) is 1.70. The van der Waals surface area contributed by atoms with Crippen LogP contribution in [0.2, 0.25) is 0 Å². The van der Waals surface area contributed by atoms with E-state index in [0.717, 1.165) is 5.75 Å². The van der Waals surface area contributed by atoms with Gasteiger partial charge in [-0.05, 0) is 0 Å². The van der Waals surface area contributed by atoms with Crippen LogP contribution in [0.1, 0.15) is 0 Å². The first-order valence-electron chi connectivity index (χ1n) is 5.48. The number of nitrogens with zero attached hydrogens (tertiary/aromatic N) is 1. The normalized spacial score (nSPS) is 23.2. The summed E-state index contributed by atoms with van der Waals surface area (Å²) in [5.74, 6) is 1.30. The highest BCUT2D eigenvalue weighted by atomic mass is 32.2. The van der Waals surface area contributed by atoms with Crippen molar-refractivity contribution in [1.29, 1.82) is 0 Å².